The Morgan fingerprint density at radius 2 is 1.46 bits per heavy atom. The molecule has 5 nitrogen and oxygen atoms in total. The zero-order chi connectivity index (χ0) is 16.9. The average molecular weight is 322 g/mol. The van der Waals surface area contributed by atoms with E-state index >= 15 is 0 Å². The molecule has 0 bridgehead atoms. The first kappa shape index (κ1) is 15.8. The molecule has 1 heterocycles. The van der Waals surface area contributed by atoms with E-state index in [1.54, 1.807) is 27.5 Å². The van der Waals surface area contributed by atoms with Crippen molar-refractivity contribution in [2.45, 2.75) is 0 Å². The van der Waals surface area contributed by atoms with Gasteiger partial charge in [0, 0.05) is 23.4 Å². The second kappa shape index (κ2) is 7.00. The molecule has 0 spiro atoms. The summed E-state index contributed by atoms with van der Waals surface area (Å²) in [4.78, 5) is 9.02. The zero-order valence-electron chi connectivity index (χ0n) is 13.8. The summed E-state index contributed by atoms with van der Waals surface area (Å²) in [6.07, 6.45) is 1.74. The Hall–Kier alpha value is -3.08. The molecule has 1 aromatic heterocycles. The van der Waals surface area contributed by atoms with Crippen molar-refractivity contribution >= 4 is 0 Å². The van der Waals surface area contributed by atoms with Crippen molar-refractivity contribution in [2.24, 2.45) is 0 Å². The molecule has 24 heavy (non-hydrogen) atoms. The molecule has 0 radical (unpaired) electrons. The van der Waals surface area contributed by atoms with E-state index in [0.717, 1.165) is 28.3 Å². The first-order chi connectivity index (χ1) is 11.7. The fraction of sp³-hybridized carbons (Fsp3) is 0.158. The molecule has 0 unspecified atom stereocenters. The number of methoxy groups -OCH3 is 3. The molecule has 0 aliphatic carbocycles. The van der Waals surface area contributed by atoms with E-state index in [4.69, 9.17) is 14.2 Å². The van der Waals surface area contributed by atoms with Gasteiger partial charge < -0.3 is 14.2 Å². The molecular weight excluding hydrogens is 304 g/mol. The third-order valence-electron chi connectivity index (χ3n) is 3.69. The number of ether oxygens (including phenoxy) is 3. The highest BCUT2D eigenvalue weighted by molar-refractivity contribution is 5.70. The summed E-state index contributed by atoms with van der Waals surface area (Å²) in [5.41, 5.74) is 2.59. The normalized spacial score (nSPS) is 10.3. The van der Waals surface area contributed by atoms with Gasteiger partial charge in [0.05, 0.1) is 27.0 Å². The highest BCUT2D eigenvalue weighted by atomic mass is 16.5. The fourth-order valence-corrected chi connectivity index (χ4v) is 2.40. The molecule has 0 atom stereocenters. The number of hydrogen-bond donors (Lipinski definition) is 0. The molecule has 0 saturated carbocycles. The van der Waals surface area contributed by atoms with Crippen LogP contribution in [0.5, 0.6) is 17.2 Å². The lowest BCUT2D eigenvalue weighted by molar-refractivity contribution is 0.395. The maximum atomic E-state index is 5.46. The topological polar surface area (TPSA) is 53.5 Å². The SMILES string of the molecule is COc1ccc(-c2nccc(-c3ccc(OC)cc3OC)n2)cc1. The number of nitrogens with zero attached hydrogens (tertiary/aromatic N) is 2. The molecule has 0 N–H and O–H groups in total. The van der Waals surface area contributed by atoms with Crippen LogP contribution in [0.4, 0.5) is 0 Å². The van der Waals surface area contributed by atoms with Gasteiger partial charge in [-0.15, -0.1) is 0 Å². The molecule has 5 heteroatoms. The van der Waals surface area contributed by atoms with Gasteiger partial charge in [0.15, 0.2) is 5.82 Å². The number of aromatic nitrogens is 2. The summed E-state index contributed by atoms with van der Waals surface area (Å²) in [5.74, 6) is 2.88. The van der Waals surface area contributed by atoms with E-state index in [1.807, 2.05) is 48.5 Å². The van der Waals surface area contributed by atoms with Crippen molar-refractivity contribution in [1.29, 1.82) is 0 Å². The van der Waals surface area contributed by atoms with Crippen molar-refractivity contribution in [3.63, 3.8) is 0 Å². The number of benzene rings is 2. The first-order valence-electron chi connectivity index (χ1n) is 7.45. The quantitative estimate of drug-likeness (QED) is 0.714. The Morgan fingerprint density at radius 1 is 0.750 bits per heavy atom. The van der Waals surface area contributed by atoms with Crippen molar-refractivity contribution in [2.75, 3.05) is 21.3 Å². The minimum Gasteiger partial charge on any atom is -0.497 e. The summed E-state index contributed by atoms with van der Waals surface area (Å²) >= 11 is 0. The van der Waals surface area contributed by atoms with Gasteiger partial charge in [-0.3, -0.25) is 0 Å². The van der Waals surface area contributed by atoms with Crippen molar-refractivity contribution in [3.05, 3.63) is 54.7 Å². The Kier molecular flexibility index (Phi) is 4.61. The van der Waals surface area contributed by atoms with Crippen molar-refractivity contribution < 1.29 is 14.2 Å². The van der Waals surface area contributed by atoms with Crippen LogP contribution >= 0.6 is 0 Å². The number of hydrogen-bond acceptors (Lipinski definition) is 5. The molecule has 0 aliphatic rings. The van der Waals surface area contributed by atoms with Gasteiger partial charge in [0.2, 0.25) is 0 Å². The standard InChI is InChI=1S/C19H18N2O3/c1-22-14-6-4-13(5-7-14)19-20-11-10-17(21-19)16-9-8-15(23-2)12-18(16)24-3/h4-12H,1-3H3. The van der Waals surface area contributed by atoms with E-state index in [1.165, 1.54) is 0 Å². The van der Waals surface area contributed by atoms with Gasteiger partial charge in [0.1, 0.15) is 17.2 Å². The van der Waals surface area contributed by atoms with Crippen LogP contribution in [0, 0.1) is 0 Å². The molecule has 0 aliphatic heterocycles. The van der Waals surface area contributed by atoms with Crippen molar-refractivity contribution in [3.8, 4) is 39.9 Å². The van der Waals surface area contributed by atoms with Crippen LogP contribution < -0.4 is 14.2 Å². The number of rotatable bonds is 5. The van der Waals surface area contributed by atoms with Crippen LogP contribution in [0.2, 0.25) is 0 Å². The van der Waals surface area contributed by atoms with E-state index in [9.17, 15) is 0 Å². The second-order valence-corrected chi connectivity index (χ2v) is 5.06. The summed E-state index contributed by atoms with van der Waals surface area (Å²) in [6, 6.07) is 15.2. The zero-order valence-corrected chi connectivity index (χ0v) is 13.8. The van der Waals surface area contributed by atoms with Gasteiger partial charge in [-0.25, -0.2) is 9.97 Å². The van der Waals surface area contributed by atoms with Crippen molar-refractivity contribution in [1.82, 2.24) is 9.97 Å². The predicted octanol–water partition coefficient (Wildman–Crippen LogP) is 3.84. The Labute approximate surface area is 140 Å². The van der Waals surface area contributed by atoms with Crippen LogP contribution in [0.15, 0.2) is 54.7 Å². The van der Waals surface area contributed by atoms with E-state index in [-0.39, 0.29) is 0 Å². The molecular formula is C19H18N2O3. The molecule has 2 aromatic carbocycles. The monoisotopic (exact) mass is 322 g/mol. The van der Waals surface area contributed by atoms with Crippen LogP contribution in [0.3, 0.4) is 0 Å². The third-order valence-corrected chi connectivity index (χ3v) is 3.69. The predicted molar refractivity (Wildman–Crippen MR) is 92.6 cm³/mol. The summed E-state index contributed by atoms with van der Waals surface area (Å²) in [5, 5.41) is 0. The maximum absolute atomic E-state index is 5.46. The Balaban J connectivity index is 2.01. The van der Waals surface area contributed by atoms with Gasteiger partial charge in [-0.2, -0.15) is 0 Å². The molecule has 0 saturated heterocycles. The Morgan fingerprint density at radius 3 is 2.12 bits per heavy atom. The highest BCUT2D eigenvalue weighted by Crippen LogP contribution is 2.32. The summed E-state index contributed by atoms with van der Waals surface area (Å²) < 4.78 is 15.9. The highest BCUT2D eigenvalue weighted by Gasteiger charge is 2.11. The van der Waals surface area contributed by atoms with Crippen LogP contribution in [0.25, 0.3) is 22.6 Å². The molecule has 3 rings (SSSR count). The van der Waals surface area contributed by atoms with E-state index < -0.39 is 0 Å². The van der Waals surface area contributed by atoms with Gasteiger partial charge in [-0.1, -0.05) is 0 Å². The molecule has 0 amide bonds. The molecule has 122 valence electrons. The second-order valence-electron chi connectivity index (χ2n) is 5.06. The minimum absolute atomic E-state index is 0.646. The maximum Gasteiger partial charge on any atom is 0.159 e. The third kappa shape index (κ3) is 3.15. The summed E-state index contributed by atoms with van der Waals surface area (Å²) in [6.45, 7) is 0. The smallest absolute Gasteiger partial charge is 0.159 e. The minimum atomic E-state index is 0.646. The molecule has 3 aromatic rings. The first-order valence-corrected chi connectivity index (χ1v) is 7.45. The van der Waals surface area contributed by atoms with Crippen LogP contribution in [0.1, 0.15) is 0 Å². The lowest BCUT2D eigenvalue weighted by atomic mass is 10.1. The van der Waals surface area contributed by atoms with Gasteiger partial charge >= 0.3 is 0 Å². The van der Waals surface area contributed by atoms with Crippen LogP contribution in [-0.4, -0.2) is 31.3 Å². The van der Waals surface area contributed by atoms with Gasteiger partial charge in [-0.05, 0) is 42.5 Å². The van der Waals surface area contributed by atoms with Gasteiger partial charge in [0.25, 0.3) is 0 Å². The van der Waals surface area contributed by atoms with E-state index in [2.05, 4.69) is 9.97 Å². The lowest BCUT2D eigenvalue weighted by Crippen LogP contribution is -1.95. The molecule has 0 fully saturated rings. The summed E-state index contributed by atoms with van der Waals surface area (Å²) in [7, 11) is 4.90. The Bertz CT molecular complexity index is 832. The van der Waals surface area contributed by atoms with Crippen LogP contribution in [-0.2, 0) is 0 Å². The lowest BCUT2D eigenvalue weighted by Gasteiger charge is -2.11. The van der Waals surface area contributed by atoms with E-state index in [0.29, 0.717) is 11.6 Å². The average Bonchev–Trinajstić information content (AvgIpc) is 2.67. The fourth-order valence-electron chi connectivity index (χ4n) is 2.40. The largest absolute Gasteiger partial charge is 0.497 e.